The minimum absolute atomic E-state index is 0.0225. The van der Waals surface area contributed by atoms with Gasteiger partial charge in [0.15, 0.2) is 0 Å². The lowest BCUT2D eigenvalue weighted by Gasteiger charge is -2.08. The summed E-state index contributed by atoms with van der Waals surface area (Å²) in [5.74, 6) is 0. The van der Waals surface area contributed by atoms with Crippen LogP contribution in [0, 0.1) is 0 Å². The molecule has 1 aromatic carbocycles. The van der Waals surface area contributed by atoms with E-state index in [1.807, 2.05) is 4.72 Å². The highest BCUT2D eigenvalue weighted by atomic mass is 32.2. The fourth-order valence-electron chi connectivity index (χ4n) is 1.67. The van der Waals surface area contributed by atoms with Gasteiger partial charge in [-0.3, -0.25) is 0 Å². The third-order valence-corrected chi connectivity index (χ3v) is 3.66. The molecule has 0 radical (unpaired) electrons. The maximum Gasteiger partial charge on any atom is 0.215 e. The van der Waals surface area contributed by atoms with Crippen molar-refractivity contribution in [3.05, 3.63) is 35.5 Å². The summed E-state index contributed by atoms with van der Waals surface area (Å²) >= 11 is 0. The van der Waals surface area contributed by atoms with E-state index in [2.05, 4.69) is 4.98 Å². The number of sulfonamides is 1. The second-order valence-electron chi connectivity index (χ2n) is 4.40. The molecule has 0 fully saturated rings. The molecule has 1 aromatic heterocycles. The number of fused-ring (bicyclic) bond motifs is 1. The van der Waals surface area contributed by atoms with Crippen LogP contribution in [0.15, 0.2) is 24.4 Å². The van der Waals surface area contributed by atoms with Gasteiger partial charge in [-0.1, -0.05) is 6.07 Å². The molecule has 0 spiro atoms. The number of likely N-dealkylation sites (N-methyl/N-ethyl adjacent to an activating group) is 1. The van der Waals surface area contributed by atoms with E-state index in [1.165, 1.54) is 38.5 Å². The summed E-state index contributed by atoms with van der Waals surface area (Å²) in [5.41, 5.74) is -2.50. The number of rotatable bonds is 6. The molecule has 0 saturated heterocycles. The monoisotopic (exact) mass is 301 g/mol. The largest absolute Gasteiger partial charge is 0.361 e. The van der Waals surface area contributed by atoms with E-state index in [0.29, 0.717) is 5.52 Å². The molecule has 2 rings (SSSR count). The van der Waals surface area contributed by atoms with Crippen LogP contribution in [0.1, 0.15) is 19.4 Å². The third-order valence-electron chi connectivity index (χ3n) is 2.62. The zero-order valence-corrected chi connectivity index (χ0v) is 12.3. The van der Waals surface area contributed by atoms with Gasteiger partial charge in [0.1, 0.15) is 0 Å². The SMILES string of the molecule is [2H]C([2H])(c1c[nH]c2ccc(C([2H])([2H])S(=O)(=O)NC)cc12)C([2H])([2H])N(C)C. The van der Waals surface area contributed by atoms with Crippen LogP contribution < -0.4 is 4.72 Å². The van der Waals surface area contributed by atoms with Crippen LogP contribution in [0.5, 0.6) is 0 Å². The summed E-state index contributed by atoms with van der Waals surface area (Å²) in [6.45, 7) is -2.35. The summed E-state index contributed by atoms with van der Waals surface area (Å²) in [6, 6.07) is 3.98. The smallest absolute Gasteiger partial charge is 0.215 e. The summed E-state index contributed by atoms with van der Waals surface area (Å²) in [4.78, 5) is 3.94. The average molecular weight is 301 g/mol. The van der Waals surface area contributed by atoms with E-state index in [4.69, 9.17) is 8.22 Å². The van der Waals surface area contributed by atoms with Crippen molar-refractivity contribution in [3.63, 3.8) is 0 Å². The Bertz CT molecular complexity index is 924. The van der Waals surface area contributed by atoms with Crippen LogP contribution in [0.25, 0.3) is 10.9 Å². The number of nitrogens with zero attached hydrogens (tertiary/aromatic N) is 1. The number of hydrogen-bond donors (Lipinski definition) is 2. The van der Waals surface area contributed by atoms with Crippen LogP contribution in [-0.2, 0) is 22.1 Å². The second-order valence-corrected chi connectivity index (χ2v) is 6.02. The zero-order valence-electron chi connectivity index (χ0n) is 17.5. The molecule has 1 heterocycles. The predicted octanol–water partition coefficient (Wildman–Crippen LogP) is 1.32. The summed E-state index contributed by atoms with van der Waals surface area (Å²) < 4.78 is 74.5. The Balaban J connectivity index is 2.71. The van der Waals surface area contributed by atoms with Gasteiger partial charge in [-0.05, 0) is 50.8 Å². The van der Waals surface area contributed by atoms with Gasteiger partial charge >= 0.3 is 0 Å². The molecule has 5 nitrogen and oxygen atoms in total. The Hall–Kier alpha value is -1.37. The molecule has 110 valence electrons. The Morgan fingerprint density at radius 2 is 2.15 bits per heavy atom. The second kappa shape index (κ2) is 5.95. The summed E-state index contributed by atoms with van der Waals surface area (Å²) in [6.07, 6.45) is -1.13. The minimum atomic E-state index is -4.30. The first kappa shape index (κ1) is 8.81. The van der Waals surface area contributed by atoms with Gasteiger partial charge in [0, 0.05) is 31.8 Å². The number of aromatic nitrogens is 1. The topological polar surface area (TPSA) is 65.2 Å². The Labute approximate surface area is 128 Å². The fourth-order valence-corrected chi connectivity index (χ4v) is 2.21. The molecular formula is C14H21N3O2S. The first-order chi connectivity index (χ1) is 11.7. The van der Waals surface area contributed by atoms with E-state index in [9.17, 15) is 8.42 Å². The van der Waals surface area contributed by atoms with E-state index < -0.39 is 28.6 Å². The lowest BCUT2D eigenvalue weighted by Crippen LogP contribution is -2.20. The van der Waals surface area contributed by atoms with Gasteiger partial charge in [-0.2, -0.15) is 0 Å². The quantitative estimate of drug-likeness (QED) is 0.846. The highest BCUT2D eigenvalue weighted by molar-refractivity contribution is 7.88. The van der Waals surface area contributed by atoms with Gasteiger partial charge in [0.25, 0.3) is 0 Å². The van der Waals surface area contributed by atoms with Gasteiger partial charge in [-0.15, -0.1) is 0 Å². The molecule has 0 bridgehead atoms. The van der Waals surface area contributed by atoms with Crippen molar-refractivity contribution in [3.8, 4) is 0 Å². The highest BCUT2D eigenvalue weighted by Gasteiger charge is 2.11. The normalized spacial score (nSPS) is 19.0. The minimum Gasteiger partial charge on any atom is -0.361 e. The van der Waals surface area contributed by atoms with Gasteiger partial charge < -0.3 is 9.88 Å². The van der Waals surface area contributed by atoms with Crippen LogP contribution in [0.4, 0.5) is 0 Å². The van der Waals surface area contributed by atoms with E-state index in [1.54, 1.807) is 0 Å². The average Bonchev–Trinajstić information content (AvgIpc) is 2.97. The number of nitrogens with one attached hydrogen (secondary N) is 2. The molecule has 0 saturated carbocycles. The van der Waals surface area contributed by atoms with Crippen molar-refractivity contribution in [2.24, 2.45) is 0 Å². The van der Waals surface area contributed by atoms with Crippen molar-refractivity contribution in [2.45, 2.75) is 12.1 Å². The molecule has 20 heavy (non-hydrogen) atoms. The van der Waals surface area contributed by atoms with Crippen molar-refractivity contribution in [1.82, 2.24) is 14.6 Å². The lowest BCUT2D eigenvalue weighted by molar-refractivity contribution is 0.414. The number of hydrogen-bond acceptors (Lipinski definition) is 3. The molecule has 0 aliphatic carbocycles. The van der Waals surface area contributed by atoms with E-state index >= 15 is 0 Å². The predicted molar refractivity (Wildman–Crippen MR) is 82.2 cm³/mol. The Morgan fingerprint density at radius 1 is 1.40 bits per heavy atom. The molecule has 0 aliphatic heterocycles. The maximum atomic E-state index is 12.0. The molecule has 0 amide bonds. The van der Waals surface area contributed by atoms with E-state index in [-0.39, 0.29) is 16.5 Å². The van der Waals surface area contributed by atoms with Crippen molar-refractivity contribution in [2.75, 3.05) is 27.6 Å². The van der Waals surface area contributed by atoms with Crippen molar-refractivity contribution >= 4 is 20.9 Å². The highest BCUT2D eigenvalue weighted by Crippen LogP contribution is 2.21. The van der Waals surface area contributed by atoms with Crippen LogP contribution in [-0.4, -0.2) is 45.9 Å². The lowest BCUT2D eigenvalue weighted by atomic mass is 10.1. The molecule has 2 aromatic rings. The van der Waals surface area contributed by atoms with Gasteiger partial charge in [-0.25, -0.2) is 13.1 Å². The van der Waals surface area contributed by atoms with E-state index in [0.717, 1.165) is 11.9 Å². The Kier molecular flexibility index (Phi) is 2.62. The first-order valence-electron chi connectivity index (χ1n) is 8.92. The first-order valence-corrected chi connectivity index (χ1v) is 7.41. The van der Waals surface area contributed by atoms with Crippen LogP contribution in [0.3, 0.4) is 0 Å². The zero-order chi connectivity index (χ0) is 20.1. The third kappa shape index (κ3) is 3.59. The maximum absolute atomic E-state index is 12.0. The Morgan fingerprint density at radius 3 is 2.80 bits per heavy atom. The number of aryl methyl sites for hydroxylation is 1. The number of benzene rings is 1. The molecule has 0 aliphatic rings. The standard InChI is InChI=1S/C14H21N3O2S/c1-15-20(18,19)10-11-4-5-14-13(8-11)12(9-16-14)6-7-17(2)3/h4-5,8-9,15-16H,6-7,10H2,1-3H3/i6D2,7D2,10D2. The molecule has 2 N–H and O–H groups in total. The molecular weight excluding hydrogens is 274 g/mol. The van der Waals surface area contributed by atoms with Crippen molar-refractivity contribution in [1.29, 1.82) is 0 Å². The van der Waals surface area contributed by atoms with Gasteiger partial charge in [0.05, 0.1) is 5.70 Å². The van der Waals surface area contributed by atoms with Crippen LogP contribution in [0.2, 0.25) is 0 Å². The number of aromatic amines is 1. The summed E-state index contributed by atoms with van der Waals surface area (Å²) in [7, 11) is -0.361. The molecule has 0 atom stereocenters. The number of H-pyrrole nitrogens is 1. The van der Waals surface area contributed by atoms with Crippen LogP contribution >= 0.6 is 0 Å². The summed E-state index contributed by atoms with van der Waals surface area (Å²) in [5, 5.41) is 0.216. The van der Waals surface area contributed by atoms with Gasteiger partial charge in [0.2, 0.25) is 10.0 Å². The fraction of sp³-hybridized carbons (Fsp3) is 0.429. The molecule has 6 heteroatoms. The molecule has 0 unspecified atom stereocenters. The van der Waals surface area contributed by atoms with Crippen molar-refractivity contribution < 1.29 is 16.6 Å².